The van der Waals surface area contributed by atoms with Crippen LogP contribution in [0.2, 0.25) is 0 Å². The maximum Gasteiger partial charge on any atom is 0.318 e. The van der Waals surface area contributed by atoms with Crippen molar-refractivity contribution in [3.8, 4) is 0 Å². The van der Waals surface area contributed by atoms with Gasteiger partial charge in [-0.15, -0.1) is 0 Å². The fourth-order valence-corrected chi connectivity index (χ4v) is 5.06. The summed E-state index contributed by atoms with van der Waals surface area (Å²) in [4.78, 5) is 47.9. The number of ether oxygens (including phenoxy) is 2. The number of carbonyl (C=O) groups is 4. The monoisotopic (exact) mass is 300 g/mol. The van der Waals surface area contributed by atoms with Crippen molar-refractivity contribution in [2.24, 2.45) is 41.4 Å². The van der Waals surface area contributed by atoms with Gasteiger partial charge in [-0.3, -0.25) is 19.2 Å². The van der Waals surface area contributed by atoms with Gasteiger partial charge in [0.2, 0.25) is 0 Å². The third-order valence-electron chi connectivity index (χ3n) is 5.86. The molecule has 6 aliphatic rings. The van der Waals surface area contributed by atoms with E-state index in [1.54, 1.807) is 0 Å². The van der Waals surface area contributed by atoms with E-state index < -0.39 is 47.5 Å². The molecule has 6 rings (SSSR count). The molecule has 6 nitrogen and oxygen atoms in total. The molecule has 2 aliphatic heterocycles. The summed E-state index contributed by atoms with van der Waals surface area (Å²) in [5.74, 6) is -4.66. The maximum absolute atomic E-state index is 12.1. The summed E-state index contributed by atoms with van der Waals surface area (Å²) in [6.45, 7) is 0. The van der Waals surface area contributed by atoms with Crippen LogP contribution in [0.4, 0.5) is 0 Å². The van der Waals surface area contributed by atoms with Gasteiger partial charge in [0.15, 0.2) is 0 Å². The van der Waals surface area contributed by atoms with Crippen molar-refractivity contribution in [1.29, 1.82) is 0 Å². The van der Waals surface area contributed by atoms with Gasteiger partial charge in [-0.2, -0.15) is 0 Å². The first-order chi connectivity index (χ1) is 10.6. The smallest absolute Gasteiger partial charge is 0.318 e. The lowest BCUT2D eigenvalue weighted by molar-refractivity contribution is -0.156. The van der Waals surface area contributed by atoms with Crippen LogP contribution in [0.5, 0.6) is 0 Å². The van der Waals surface area contributed by atoms with Gasteiger partial charge in [-0.05, 0) is 12.3 Å². The Kier molecular flexibility index (Phi) is 2.10. The molecule has 2 saturated heterocycles. The van der Waals surface area contributed by atoms with Crippen LogP contribution in [-0.4, -0.2) is 23.9 Å². The van der Waals surface area contributed by atoms with E-state index >= 15 is 0 Å². The van der Waals surface area contributed by atoms with E-state index in [0.29, 0.717) is 6.42 Å². The first-order valence-corrected chi connectivity index (χ1v) is 7.47. The van der Waals surface area contributed by atoms with E-state index in [2.05, 4.69) is 0 Å². The highest BCUT2D eigenvalue weighted by Gasteiger charge is 2.64. The van der Waals surface area contributed by atoms with Crippen molar-refractivity contribution in [2.45, 2.75) is 6.42 Å². The standard InChI is InChI=1S/C16H12O6/c17-13-8-4-2-5-6-1-3-7(9(5)12(8)16(20)21-13)11-10(6)14(18)22-15(11)19/h1-3,6-12H,4H2. The predicted molar refractivity (Wildman–Crippen MR) is 68.5 cm³/mol. The molecule has 2 heterocycles. The number of cyclic esters (lactones) is 4. The van der Waals surface area contributed by atoms with Gasteiger partial charge in [0, 0.05) is 11.8 Å². The van der Waals surface area contributed by atoms with Crippen LogP contribution in [0.15, 0.2) is 23.8 Å². The van der Waals surface area contributed by atoms with E-state index in [-0.39, 0.29) is 17.8 Å². The van der Waals surface area contributed by atoms with Crippen LogP contribution in [0, 0.1) is 41.4 Å². The highest BCUT2D eigenvalue weighted by Crippen LogP contribution is 2.59. The zero-order chi connectivity index (χ0) is 15.2. The number of esters is 4. The van der Waals surface area contributed by atoms with Gasteiger partial charge in [-0.25, -0.2) is 0 Å². The van der Waals surface area contributed by atoms with Crippen molar-refractivity contribution in [1.82, 2.24) is 0 Å². The van der Waals surface area contributed by atoms with Gasteiger partial charge >= 0.3 is 23.9 Å². The second kappa shape index (κ2) is 3.74. The normalized spacial score (nSPS) is 47.6. The Bertz CT molecular complexity index is 716. The van der Waals surface area contributed by atoms with Gasteiger partial charge in [-0.1, -0.05) is 23.8 Å². The van der Waals surface area contributed by atoms with Crippen molar-refractivity contribution in [3.63, 3.8) is 0 Å². The van der Waals surface area contributed by atoms with E-state index in [1.165, 1.54) is 0 Å². The first kappa shape index (κ1) is 12.3. The van der Waals surface area contributed by atoms with Crippen LogP contribution in [0.25, 0.3) is 0 Å². The highest BCUT2D eigenvalue weighted by molar-refractivity contribution is 6.00. The molecule has 4 aliphatic carbocycles. The molecule has 0 N–H and O–H groups in total. The molecular weight excluding hydrogens is 288 g/mol. The molecule has 0 amide bonds. The lowest BCUT2D eigenvalue weighted by atomic mass is 9.51. The second-order valence-corrected chi connectivity index (χ2v) is 6.62. The summed E-state index contributed by atoms with van der Waals surface area (Å²) in [6, 6.07) is 0. The Hall–Kier alpha value is -2.24. The number of rotatable bonds is 0. The molecule has 22 heavy (non-hydrogen) atoms. The van der Waals surface area contributed by atoms with Crippen LogP contribution in [0.1, 0.15) is 6.42 Å². The summed E-state index contributed by atoms with van der Waals surface area (Å²) < 4.78 is 9.63. The van der Waals surface area contributed by atoms with Gasteiger partial charge in [0.1, 0.15) is 0 Å². The summed E-state index contributed by atoms with van der Waals surface area (Å²) in [7, 11) is 0. The van der Waals surface area contributed by atoms with E-state index in [4.69, 9.17) is 9.47 Å². The lowest BCUT2D eigenvalue weighted by Gasteiger charge is -2.49. The van der Waals surface area contributed by atoms with Crippen molar-refractivity contribution in [2.75, 3.05) is 0 Å². The average Bonchev–Trinajstić information content (AvgIpc) is 2.98. The minimum atomic E-state index is -0.535. The highest BCUT2D eigenvalue weighted by atomic mass is 16.6. The average molecular weight is 300 g/mol. The van der Waals surface area contributed by atoms with Crippen LogP contribution < -0.4 is 0 Å². The maximum atomic E-state index is 12.1. The fourth-order valence-electron chi connectivity index (χ4n) is 5.06. The summed E-state index contributed by atoms with van der Waals surface area (Å²) >= 11 is 0. The number of hydrogen-bond acceptors (Lipinski definition) is 6. The molecule has 1 saturated carbocycles. The fraction of sp³-hybridized carbons (Fsp3) is 0.500. The quantitative estimate of drug-likeness (QED) is 0.365. The lowest BCUT2D eigenvalue weighted by Crippen LogP contribution is -2.50. The number of carbonyl (C=O) groups excluding carboxylic acids is 4. The minimum absolute atomic E-state index is 0.205. The summed E-state index contributed by atoms with van der Waals surface area (Å²) in [6.07, 6.45) is 6.26. The molecule has 0 radical (unpaired) electrons. The molecule has 6 heteroatoms. The van der Waals surface area contributed by atoms with E-state index in [9.17, 15) is 19.2 Å². The Balaban J connectivity index is 1.66. The summed E-state index contributed by atoms with van der Waals surface area (Å²) in [5.41, 5.74) is 0.994. The SMILES string of the molecule is O=C1OC(=O)C2C1CC=C1C3C=CC(C4C(=O)OC(=O)C34)C12. The van der Waals surface area contributed by atoms with Gasteiger partial charge in [0.25, 0.3) is 0 Å². The van der Waals surface area contributed by atoms with Crippen molar-refractivity contribution >= 4 is 23.9 Å². The Labute approximate surface area is 125 Å². The summed E-state index contributed by atoms with van der Waals surface area (Å²) in [5, 5.41) is 0. The van der Waals surface area contributed by atoms with Crippen LogP contribution >= 0.6 is 0 Å². The zero-order valence-corrected chi connectivity index (χ0v) is 11.4. The second-order valence-electron chi connectivity index (χ2n) is 6.62. The Morgan fingerprint density at radius 3 is 2.27 bits per heavy atom. The molecule has 112 valence electrons. The molecule has 0 aromatic carbocycles. The van der Waals surface area contributed by atoms with E-state index in [1.807, 2.05) is 18.2 Å². The van der Waals surface area contributed by atoms with Crippen molar-refractivity contribution in [3.05, 3.63) is 23.8 Å². The number of fused-ring (bicyclic) bond motifs is 1. The third kappa shape index (κ3) is 1.23. The van der Waals surface area contributed by atoms with Gasteiger partial charge < -0.3 is 9.47 Å². The van der Waals surface area contributed by atoms with Gasteiger partial charge in [0.05, 0.1) is 23.7 Å². The topological polar surface area (TPSA) is 86.7 Å². The molecule has 0 spiro atoms. The molecule has 0 aromatic rings. The zero-order valence-electron chi connectivity index (χ0n) is 11.4. The molecule has 7 unspecified atom stereocenters. The number of allylic oxidation sites excluding steroid dienone is 4. The molecule has 7 atom stereocenters. The predicted octanol–water partition coefficient (Wildman–Crippen LogP) is 0.380. The first-order valence-electron chi connectivity index (χ1n) is 7.47. The van der Waals surface area contributed by atoms with Crippen LogP contribution in [0.3, 0.4) is 0 Å². The van der Waals surface area contributed by atoms with Crippen LogP contribution in [-0.2, 0) is 28.7 Å². The molecule has 0 aromatic heterocycles. The van der Waals surface area contributed by atoms with Crippen molar-refractivity contribution < 1.29 is 28.7 Å². The van der Waals surface area contributed by atoms with E-state index in [0.717, 1.165) is 5.57 Å². The number of hydrogen-bond donors (Lipinski definition) is 0. The minimum Gasteiger partial charge on any atom is -0.393 e. The Morgan fingerprint density at radius 1 is 0.773 bits per heavy atom. The molecule has 2 bridgehead atoms. The molecule has 3 fully saturated rings. The Morgan fingerprint density at radius 2 is 1.45 bits per heavy atom. The third-order valence-corrected chi connectivity index (χ3v) is 5.86. The largest absolute Gasteiger partial charge is 0.393 e. The molecular formula is C16H12O6.